The summed E-state index contributed by atoms with van der Waals surface area (Å²) in [5.41, 5.74) is 4.10. The number of ether oxygens (including phenoxy) is 2. The van der Waals surface area contributed by atoms with Crippen LogP contribution in [0.4, 0.5) is 0 Å². The molecule has 3 aromatic rings. The van der Waals surface area contributed by atoms with Crippen LogP contribution in [0.2, 0.25) is 0 Å². The summed E-state index contributed by atoms with van der Waals surface area (Å²) >= 11 is 0. The molecule has 0 unspecified atom stereocenters. The van der Waals surface area contributed by atoms with Crippen LogP contribution in [0.5, 0.6) is 5.75 Å². The first-order valence-electron chi connectivity index (χ1n) is 10.2. The van der Waals surface area contributed by atoms with E-state index in [1.807, 2.05) is 19.1 Å². The Morgan fingerprint density at radius 3 is 2.83 bits per heavy atom. The lowest BCUT2D eigenvalue weighted by molar-refractivity contribution is -0.172. The average Bonchev–Trinajstić information content (AvgIpc) is 3.13. The molecule has 1 aromatic carbocycles. The van der Waals surface area contributed by atoms with E-state index in [-0.39, 0.29) is 18.6 Å². The third-order valence-corrected chi connectivity index (χ3v) is 6.72. The zero-order chi connectivity index (χ0) is 20.8. The molecule has 1 atom stereocenters. The van der Waals surface area contributed by atoms with Gasteiger partial charge in [0.15, 0.2) is 5.60 Å². The second-order valence-electron chi connectivity index (χ2n) is 8.22. The lowest BCUT2D eigenvalue weighted by Gasteiger charge is -2.31. The maximum absolute atomic E-state index is 13.3. The molecule has 3 aliphatic heterocycles. The Morgan fingerprint density at radius 2 is 2.03 bits per heavy atom. The Bertz CT molecular complexity index is 1360. The molecule has 7 heteroatoms. The monoisotopic (exact) mass is 404 g/mol. The molecule has 0 fully saturated rings. The smallest absolute Gasteiger partial charge is 0.343 e. The Balaban J connectivity index is 1.68. The van der Waals surface area contributed by atoms with Crippen molar-refractivity contribution in [3.05, 3.63) is 56.4 Å². The van der Waals surface area contributed by atoms with Crippen LogP contribution in [0, 0.1) is 6.92 Å². The SMILES string of the molecule is CC[C@@]1(O)C(=O)OCc2c1cc1n(c2=O)Cc2c-1nc1ccc(C)c3c1c2CCO3. The fourth-order valence-corrected chi connectivity index (χ4v) is 5.05. The van der Waals surface area contributed by atoms with Crippen LogP contribution in [0.3, 0.4) is 0 Å². The fraction of sp³-hybridized carbons (Fsp3) is 0.348. The Kier molecular flexibility index (Phi) is 3.35. The van der Waals surface area contributed by atoms with E-state index in [0.717, 1.165) is 39.9 Å². The molecule has 6 rings (SSSR count). The van der Waals surface area contributed by atoms with Crippen LogP contribution in [-0.2, 0) is 34.7 Å². The van der Waals surface area contributed by atoms with Crippen LogP contribution < -0.4 is 10.3 Å². The van der Waals surface area contributed by atoms with Gasteiger partial charge in [-0.05, 0) is 36.6 Å². The van der Waals surface area contributed by atoms with Crippen LogP contribution in [0.15, 0.2) is 23.0 Å². The largest absolute Gasteiger partial charge is 0.492 e. The first kappa shape index (κ1) is 17.7. The molecule has 3 aliphatic rings. The number of benzene rings is 1. The zero-order valence-corrected chi connectivity index (χ0v) is 16.7. The van der Waals surface area contributed by atoms with E-state index in [9.17, 15) is 14.7 Å². The van der Waals surface area contributed by atoms with E-state index >= 15 is 0 Å². The van der Waals surface area contributed by atoms with Crippen molar-refractivity contribution in [3.63, 3.8) is 0 Å². The van der Waals surface area contributed by atoms with Gasteiger partial charge in [-0.2, -0.15) is 0 Å². The van der Waals surface area contributed by atoms with Crippen molar-refractivity contribution in [3.8, 4) is 17.1 Å². The van der Waals surface area contributed by atoms with Crippen molar-refractivity contribution in [2.75, 3.05) is 6.61 Å². The first-order valence-corrected chi connectivity index (χ1v) is 10.2. The molecule has 0 radical (unpaired) electrons. The molecule has 1 N–H and O–H groups in total. The van der Waals surface area contributed by atoms with Crippen molar-refractivity contribution in [1.29, 1.82) is 0 Å². The summed E-state index contributed by atoms with van der Waals surface area (Å²) in [6.07, 6.45) is 0.881. The van der Waals surface area contributed by atoms with Crippen molar-refractivity contribution in [2.45, 2.75) is 45.4 Å². The van der Waals surface area contributed by atoms with Gasteiger partial charge in [0, 0.05) is 22.9 Å². The number of aromatic nitrogens is 2. The van der Waals surface area contributed by atoms with E-state index < -0.39 is 11.6 Å². The number of aliphatic hydroxyl groups is 1. The van der Waals surface area contributed by atoms with Crippen molar-refractivity contribution < 1.29 is 19.4 Å². The van der Waals surface area contributed by atoms with E-state index in [4.69, 9.17) is 14.5 Å². The summed E-state index contributed by atoms with van der Waals surface area (Å²) in [5.74, 6) is 0.157. The highest BCUT2D eigenvalue weighted by atomic mass is 16.6. The highest BCUT2D eigenvalue weighted by molar-refractivity contribution is 5.94. The second-order valence-corrected chi connectivity index (χ2v) is 8.22. The Hall–Kier alpha value is -3.19. The van der Waals surface area contributed by atoms with Crippen LogP contribution >= 0.6 is 0 Å². The lowest BCUT2D eigenvalue weighted by Crippen LogP contribution is -2.44. The molecule has 30 heavy (non-hydrogen) atoms. The van der Waals surface area contributed by atoms with Crippen LogP contribution in [0.25, 0.3) is 22.3 Å². The fourth-order valence-electron chi connectivity index (χ4n) is 5.05. The number of aryl methyl sites for hydroxylation is 1. The van der Waals surface area contributed by atoms with Gasteiger partial charge >= 0.3 is 5.97 Å². The zero-order valence-electron chi connectivity index (χ0n) is 16.7. The van der Waals surface area contributed by atoms with Gasteiger partial charge in [0.05, 0.1) is 35.6 Å². The number of fused-ring (bicyclic) bond motifs is 5. The summed E-state index contributed by atoms with van der Waals surface area (Å²) in [6, 6.07) is 5.73. The van der Waals surface area contributed by atoms with Gasteiger partial charge in [0.2, 0.25) is 0 Å². The Morgan fingerprint density at radius 1 is 1.20 bits per heavy atom. The first-order chi connectivity index (χ1) is 14.4. The van der Waals surface area contributed by atoms with Crippen LogP contribution in [-0.4, -0.2) is 27.2 Å². The highest BCUT2D eigenvalue weighted by Gasteiger charge is 2.45. The summed E-state index contributed by atoms with van der Waals surface area (Å²) in [5, 5.41) is 12.0. The number of carbonyl (C=O) groups excluding carboxylic acids is 1. The number of esters is 1. The van der Waals surface area contributed by atoms with Gasteiger partial charge in [-0.25, -0.2) is 9.78 Å². The van der Waals surface area contributed by atoms with Gasteiger partial charge in [-0.3, -0.25) is 4.79 Å². The molecule has 0 saturated heterocycles. The van der Waals surface area contributed by atoms with Crippen molar-refractivity contribution in [1.82, 2.24) is 9.55 Å². The average molecular weight is 404 g/mol. The number of pyridine rings is 2. The van der Waals surface area contributed by atoms with Gasteiger partial charge in [-0.1, -0.05) is 13.0 Å². The molecular formula is C23H20N2O5. The van der Waals surface area contributed by atoms with Crippen LogP contribution in [0.1, 0.15) is 41.2 Å². The number of cyclic esters (lactones) is 1. The molecule has 0 saturated carbocycles. The van der Waals surface area contributed by atoms with Crippen molar-refractivity contribution in [2.24, 2.45) is 0 Å². The standard InChI is InChI=1S/C23H20N2O5/c1-3-23(28)15-8-17-19-13(9-25(17)21(26)14(15)10-30-22(23)27)12-6-7-29-20-11(2)4-5-16(24-19)18(12)20/h4-5,8,28H,3,6-7,9-10H2,1-2H3/t23-/m0/s1. The van der Waals surface area contributed by atoms with E-state index in [0.29, 0.717) is 30.0 Å². The lowest BCUT2D eigenvalue weighted by atomic mass is 9.86. The normalized spacial score (nSPS) is 21.0. The minimum atomic E-state index is -1.81. The number of rotatable bonds is 1. The molecule has 152 valence electrons. The second kappa shape index (κ2) is 5.70. The number of hydrogen-bond acceptors (Lipinski definition) is 6. The van der Waals surface area contributed by atoms with Crippen molar-refractivity contribution >= 4 is 16.9 Å². The summed E-state index contributed by atoms with van der Waals surface area (Å²) < 4.78 is 12.7. The maximum atomic E-state index is 13.3. The molecule has 0 amide bonds. The molecule has 5 heterocycles. The van der Waals surface area contributed by atoms with E-state index in [1.165, 1.54) is 5.56 Å². The van der Waals surface area contributed by atoms with Gasteiger partial charge < -0.3 is 19.1 Å². The maximum Gasteiger partial charge on any atom is 0.343 e. The molecule has 7 nitrogen and oxygen atoms in total. The topological polar surface area (TPSA) is 90.7 Å². The number of carbonyl (C=O) groups is 1. The predicted octanol–water partition coefficient (Wildman–Crippen LogP) is 2.32. The molecule has 0 bridgehead atoms. The highest BCUT2D eigenvalue weighted by Crippen LogP contribution is 2.43. The third kappa shape index (κ3) is 2.00. The third-order valence-electron chi connectivity index (χ3n) is 6.72. The summed E-state index contributed by atoms with van der Waals surface area (Å²) in [4.78, 5) is 30.5. The van der Waals surface area contributed by atoms with E-state index in [2.05, 4.69) is 0 Å². The number of nitrogens with zero attached hydrogens (tertiary/aromatic N) is 2. The van der Waals surface area contributed by atoms with Gasteiger partial charge in [-0.15, -0.1) is 0 Å². The predicted molar refractivity (Wildman–Crippen MR) is 108 cm³/mol. The molecule has 0 aliphatic carbocycles. The minimum absolute atomic E-state index is 0.120. The molecule has 0 spiro atoms. The van der Waals surface area contributed by atoms with Gasteiger partial charge in [0.25, 0.3) is 5.56 Å². The summed E-state index contributed by atoms with van der Waals surface area (Å²) in [6.45, 7) is 4.61. The van der Waals surface area contributed by atoms with E-state index in [1.54, 1.807) is 17.6 Å². The molecule has 2 aromatic heterocycles. The quantitative estimate of drug-likeness (QED) is 0.490. The minimum Gasteiger partial charge on any atom is -0.492 e. The van der Waals surface area contributed by atoms with Gasteiger partial charge in [0.1, 0.15) is 12.4 Å². The Labute approximate surface area is 171 Å². The number of hydrogen-bond donors (Lipinski definition) is 1. The molecular weight excluding hydrogens is 384 g/mol. The summed E-state index contributed by atoms with van der Waals surface area (Å²) in [7, 11) is 0.